The van der Waals surface area contributed by atoms with Gasteiger partial charge in [0.2, 0.25) is 10.0 Å². The fraction of sp³-hybridized carbons (Fsp3) is 0.462. The number of ether oxygens (including phenoxy) is 1. The van der Waals surface area contributed by atoms with Crippen LogP contribution in [0.3, 0.4) is 0 Å². The van der Waals surface area contributed by atoms with Gasteiger partial charge < -0.3 is 9.84 Å². The zero-order chi connectivity index (χ0) is 16.0. The van der Waals surface area contributed by atoms with Crippen molar-refractivity contribution < 1.29 is 23.1 Å². The number of methoxy groups -OCH3 is 1. The summed E-state index contributed by atoms with van der Waals surface area (Å²) >= 11 is 5.90. The van der Waals surface area contributed by atoms with Crippen molar-refractivity contribution in [1.29, 1.82) is 0 Å². The molecule has 0 saturated carbocycles. The van der Waals surface area contributed by atoms with Crippen molar-refractivity contribution in [2.75, 3.05) is 13.7 Å². The molecule has 0 aliphatic heterocycles. The quantitative estimate of drug-likeness (QED) is 0.707. The smallest absolute Gasteiger partial charge is 0.321 e. The normalized spacial score (nSPS) is 13.1. The molecule has 1 aromatic rings. The number of hydrogen-bond donors (Lipinski definition) is 2. The summed E-state index contributed by atoms with van der Waals surface area (Å²) in [6.07, 6.45) is 0.576. The Morgan fingerprint density at radius 1 is 1.48 bits per heavy atom. The van der Waals surface area contributed by atoms with Crippen LogP contribution in [0.25, 0.3) is 0 Å². The molecular formula is C13H18ClNO5S. The molecule has 0 saturated heterocycles. The van der Waals surface area contributed by atoms with Gasteiger partial charge in [0, 0.05) is 18.7 Å². The van der Waals surface area contributed by atoms with Gasteiger partial charge in [-0.2, -0.15) is 4.72 Å². The highest BCUT2D eigenvalue weighted by molar-refractivity contribution is 7.89. The predicted octanol–water partition coefficient (Wildman–Crippen LogP) is 1.81. The third kappa shape index (κ3) is 4.96. The molecule has 0 radical (unpaired) electrons. The van der Waals surface area contributed by atoms with Crippen molar-refractivity contribution in [2.45, 2.75) is 30.7 Å². The average Bonchev–Trinajstić information content (AvgIpc) is 2.40. The molecule has 1 rings (SSSR count). The fourth-order valence-electron chi connectivity index (χ4n) is 1.79. The van der Waals surface area contributed by atoms with Crippen LogP contribution in [0.2, 0.25) is 5.02 Å². The molecule has 0 heterocycles. The number of carboxylic acid groups (broad SMARTS) is 1. The molecule has 0 aliphatic rings. The van der Waals surface area contributed by atoms with E-state index >= 15 is 0 Å². The Morgan fingerprint density at radius 2 is 2.14 bits per heavy atom. The molecule has 0 amide bonds. The minimum absolute atomic E-state index is 0.0204. The van der Waals surface area contributed by atoms with Crippen LogP contribution in [-0.2, 0) is 19.6 Å². The molecule has 118 valence electrons. The summed E-state index contributed by atoms with van der Waals surface area (Å²) in [7, 11) is -2.46. The molecule has 2 N–H and O–H groups in total. The van der Waals surface area contributed by atoms with Crippen LogP contribution in [0, 0.1) is 6.92 Å². The maximum atomic E-state index is 12.3. The zero-order valence-electron chi connectivity index (χ0n) is 11.8. The number of sulfonamides is 1. The number of benzene rings is 1. The lowest BCUT2D eigenvalue weighted by molar-refractivity contribution is -0.139. The Balaban J connectivity index is 2.96. The van der Waals surface area contributed by atoms with E-state index in [1.807, 2.05) is 0 Å². The highest BCUT2D eigenvalue weighted by Crippen LogP contribution is 2.23. The van der Waals surface area contributed by atoms with Gasteiger partial charge in [-0.25, -0.2) is 8.42 Å². The predicted molar refractivity (Wildman–Crippen MR) is 79.0 cm³/mol. The zero-order valence-corrected chi connectivity index (χ0v) is 13.4. The summed E-state index contributed by atoms with van der Waals surface area (Å²) < 4.78 is 31.6. The molecule has 1 aromatic carbocycles. The van der Waals surface area contributed by atoms with E-state index < -0.39 is 22.0 Å². The van der Waals surface area contributed by atoms with Crippen LogP contribution in [-0.4, -0.2) is 39.3 Å². The minimum atomic E-state index is -3.95. The first-order chi connectivity index (χ1) is 9.79. The SMILES string of the molecule is COCCCC(NS(=O)(=O)c1cccc(Cl)c1C)C(=O)O. The van der Waals surface area contributed by atoms with Gasteiger partial charge in [0.1, 0.15) is 6.04 Å². The number of aliphatic carboxylic acids is 1. The van der Waals surface area contributed by atoms with E-state index in [9.17, 15) is 13.2 Å². The molecule has 0 aliphatic carbocycles. The summed E-state index contributed by atoms with van der Waals surface area (Å²) in [5.41, 5.74) is 0.382. The van der Waals surface area contributed by atoms with Gasteiger partial charge >= 0.3 is 5.97 Å². The van der Waals surface area contributed by atoms with Crippen molar-refractivity contribution in [1.82, 2.24) is 4.72 Å². The Morgan fingerprint density at radius 3 is 2.71 bits per heavy atom. The monoisotopic (exact) mass is 335 g/mol. The molecule has 8 heteroatoms. The first-order valence-corrected chi connectivity index (χ1v) is 8.15. The molecule has 21 heavy (non-hydrogen) atoms. The topological polar surface area (TPSA) is 92.7 Å². The minimum Gasteiger partial charge on any atom is -0.480 e. The maximum absolute atomic E-state index is 12.3. The van der Waals surface area contributed by atoms with Crippen molar-refractivity contribution in [2.24, 2.45) is 0 Å². The summed E-state index contributed by atoms with van der Waals surface area (Å²) in [5, 5.41) is 9.42. The third-order valence-electron chi connectivity index (χ3n) is 2.94. The van der Waals surface area contributed by atoms with Crippen LogP contribution in [0.15, 0.2) is 23.1 Å². The van der Waals surface area contributed by atoms with Gasteiger partial charge in [-0.05, 0) is 37.5 Å². The number of carbonyl (C=O) groups is 1. The van der Waals surface area contributed by atoms with Crippen molar-refractivity contribution in [3.8, 4) is 0 Å². The lowest BCUT2D eigenvalue weighted by atomic mass is 10.2. The van der Waals surface area contributed by atoms with Gasteiger partial charge in [0.15, 0.2) is 0 Å². The number of nitrogens with one attached hydrogen (secondary N) is 1. The summed E-state index contributed by atoms with van der Waals surface area (Å²) in [5.74, 6) is -1.23. The van der Waals surface area contributed by atoms with Crippen LogP contribution >= 0.6 is 11.6 Å². The standard InChI is InChI=1S/C13H18ClNO5S/c1-9-10(14)5-3-7-12(9)21(18,19)15-11(13(16)17)6-4-8-20-2/h3,5,7,11,15H,4,6,8H2,1-2H3,(H,16,17). The molecule has 1 unspecified atom stereocenters. The highest BCUT2D eigenvalue weighted by Gasteiger charge is 2.26. The van der Waals surface area contributed by atoms with E-state index in [-0.39, 0.29) is 11.3 Å². The summed E-state index contributed by atoms with van der Waals surface area (Å²) in [6.45, 7) is 1.93. The fourth-order valence-corrected chi connectivity index (χ4v) is 3.52. The van der Waals surface area contributed by atoms with Gasteiger partial charge in [0.05, 0.1) is 4.90 Å². The van der Waals surface area contributed by atoms with Gasteiger partial charge in [-0.15, -0.1) is 0 Å². The number of carboxylic acids is 1. The Labute approximate surface area is 129 Å². The van der Waals surface area contributed by atoms with Crippen molar-refractivity contribution in [3.63, 3.8) is 0 Å². The third-order valence-corrected chi connectivity index (χ3v) is 4.97. The van der Waals surface area contributed by atoms with E-state index in [1.54, 1.807) is 13.0 Å². The van der Waals surface area contributed by atoms with E-state index in [2.05, 4.69) is 4.72 Å². The van der Waals surface area contributed by atoms with E-state index in [0.29, 0.717) is 23.6 Å². The van der Waals surface area contributed by atoms with Crippen molar-refractivity contribution >= 4 is 27.6 Å². The lowest BCUT2D eigenvalue weighted by Gasteiger charge is -2.16. The number of halogens is 1. The molecule has 0 aromatic heterocycles. The van der Waals surface area contributed by atoms with Gasteiger partial charge in [0.25, 0.3) is 0 Å². The second-order valence-corrected chi connectivity index (χ2v) is 6.60. The first kappa shape index (κ1) is 17.9. The van der Waals surface area contributed by atoms with E-state index in [0.717, 1.165) is 0 Å². The number of hydrogen-bond acceptors (Lipinski definition) is 4. The Kier molecular flexibility index (Phi) is 6.60. The highest BCUT2D eigenvalue weighted by atomic mass is 35.5. The van der Waals surface area contributed by atoms with Crippen LogP contribution < -0.4 is 4.72 Å². The molecule has 0 spiro atoms. The summed E-state index contributed by atoms with van der Waals surface area (Å²) in [6, 6.07) is 3.26. The second-order valence-electron chi connectivity index (χ2n) is 4.51. The molecular weight excluding hydrogens is 318 g/mol. The van der Waals surface area contributed by atoms with Crippen LogP contribution in [0.1, 0.15) is 18.4 Å². The Hall–Kier alpha value is -1.15. The van der Waals surface area contributed by atoms with E-state index in [4.69, 9.17) is 21.4 Å². The molecule has 6 nitrogen and oxygen atoms in total. The largest absolute Gasteiger partial charge is 0.480 e. The first-order valence-electron chi connectivity index (χ1n) is 6.28. The average molecular weight is 336 g/mol. The molecule has 1 atom stereocenters. The van der Waals surface area contributed by atoms with Crippen molar-refractivity contribution in [3.05, 3.63) is 28.8 Å². The van der Waals surface area contributed by atoms with Crippen LogP contribution in [0.5, 0.6) is 0 Å². The molecule has 0 fully saturated rings. The molecule has 0 bridgehead atoms. The maximum Gasteiger partial charge on any atom is 0.321 e. The Bertz CT molecular complexity index is 603. The van der Waals surface area contributed by atoms with E-state index in [1.165, 1.54) is 19.2 Å². The lowest BCUT2D eigenvalue weighted by Crippen LogP contribution is -2.41. The van der Waals surface area contributed by atoms with Gasteiger partial charge in [-0.3, -0.25) is 4.79 Å². The second kappa shape index (κ2) is 7.74. The summed E-state index contributed by atoms with van der Waals surface area (Å²) in [4.78, 5) is 11.1. The van der Waals surface area contributed by atoms with Crippen LogP contribution in [0.4, 0.5) is 0 Å². The number of rotatable bonds is 8. The van der Waals surface area contributed by atoms with Gasteiger partial charge in [-0.1, -0.05) is 17.7 Å².